The second-order valence-corrected chi connectivity index (χ2v) is 10.8. The van der Waals surface area contributed by atoms with Crippen molar-refractivity contribution in [3.05, 3.63) is 34.3 Å². The molecule has 32 heavy (non-hydrogen) atoms. The number of nitrogens with zero attached hydrogens (tertiary/aromatic N) is 2. The van der Waals surface area contributed by atoms with Crippen molar-refractivity contribution < 1.29 is 27.4 Å². The molecule has 11 heteroatoms. The first-order valence-electron chi connectivity index (χ1n) is 10.1. The number of amides is 1. The minimum absolute atomic E-state index is 0.225. The number of hydrogen-bond acceptors (Lipinski definition) is 8. The SMILES string of the molecule is COc1cc(/C=C/C(=O)Nc2nc3c(s2)CN(S(=O)(=O)C2CC2)CC3)cc(OC)c1OC. The van der Waals surface area contributed by atoms with Crippen LogP contribution in [0, 0.1) is 0 Å². The van der Waals surface area contributed by atoms with Gasteiger partial charge in [0, 0.05) is 30.5 Å². The van der Waals surface area contributed by atoms with Crippen LogP contribution in [0.15, 0.2) is 18.2 Å². The topological polar surface area (TPSA) is 107 Å². The smallest absolute Gasteiger partial charge is 0.250 e. The Hall–Kier alpha value is -2.63. The molecule has 0 saturated heterocycles. The Bertz CT molecular complexity index is 1130. The van der Waals surface area contributed by atoms with Crippen molar-refractivity contribution in [3.8, 4) is 17.2 Å². The summed E-state index contributed by atoms with van der Waals surface area (Å²) < 4.78 is 42.5. The van der Waals surface area contributed by atoms with Gasteiger partial charge >= 0.3 is 0 Å². The number of nitrogens with one attached hydrogen (secondary N) is 1. The lowest BCUT2D eigenvalue weighted by Crippen LogP contribution is -2.37. The number of hydrogen-bond donors (Lipinski definition) is 1. The largest absolute Gasteiger partial charge is 0.493 e. The van der Waals surface area contributed by atoms with Crippen molar-refractivity contribution in [1.82, 2.24) is 9.29 Å². The number of benzene rings is 1. The minimum Gasteiger partial charge on any atom is -0.493 e. The molecule has 1 saturated carbocycles. The molecule has 0 bridgehead atoms. The molecule has 2 aliphatic rings. The van der Waals surface area contributed by atoms with E-state index in [4.69, 9.17) is 14.2 Å². The highest BCUT2D eigenvalue weighted by atomic mass is 32.2. The molecular formula is C21H25N3O6S2. The number of carbonyl (C=O) groups is 1. The zero-order valence-electron chi connectivity index (χ0n) is 18.1. The molecule has 0 spiro atoms. The maximum atomic E-state index is 12.5. The Labute approximate surface area is 191 Å². The predicted octanol–water partition coefficient (Wildman–Crippen LogP) is 2.67. The Balaban J connectivity index is 1.43. The first-order valence-corrected chi connectivity index (χ1v) is 12.4. The lowest BCUT2D eigenvalue weighted by atomic mass is 10.1. The zero-order chi connectivity index (χ0) is 22.9. The molecular weight excluding hydrogens is 454 g/mol. The number of fused-ring (bicyclic) bond motifs is 1. The first kappa shape index (κ1) is 22.6. The normalized spacial score (nSPS) is 16.6. The van der Waals surface area contributed by atoms with Crippen LogP contribution in [0.5, 0.6) is 17.2 Å². The van der Waals surface area contributed by atoms with E-state index >= 15 is 0 Å². The highest BCUT2D eigenvalue weighted by molar-refractivity contribution is 7.90. The number of thiazole rings is 1. The summed E-state index contributed by atoms with van der Waals surface area (Å²) in [4.78, 5) is 17.8. The van der Waals surface area contributed by atoms with Gasteiger partial charge in [-0.05, 0) is 36.6 Å². The van der Waals surface area contributed by atoms with Gasteiger partial charge in [0.25, 0.3) is 0 Å². The number of carbonyl (C=O) groups excluding carboxylic acids is 1. The Morgan fingerprint density at radius 3 is 2.47 bits per heavy atom. The van der Waals surface area contributed by atoms with Gasteiger partial charge in [0.1, 0.15) is 0 Å². The molecule has 0 unspecified atom stereocenters. The van der Waals surface area contributed by atoms with E-state index in [1.807, 2.05) is 0 Å². The number of aromatic nitrogens is 1. The maximum Gasteiger partial charge on any atom is 0.250 e. The number of rotatable bonds is 8. The van der Waals surface area contributed by atoms with Crippen molar-refractivity contribution in [2.24, 2.45) is 0 Å². The summed E-state index contributed by atoms with van der Waals surface area (Å²) in [6.07, 6.45) is 5.07. The fourth-order valence-corrected chi connectivity index (χ4v) is 6.45. The van der Waals surface area contributed by atoms with Gasteiger partial charge < -0.3 is 14.2 Å². The summed E-state index contributed by atoms with van der Waals surface area (Å²) in [6, 6.07) is 3.48. The van der Waals surface area contributed by atoms with Crippen LogP contribution in [-0.4, -0.2) is 56.7 Å². The average Bonchev–Trinajstić information content (AvgIpc) is 3.57. The van der Waals surface area contributed by atoms with E-state index < -0.39 is 10.0 Å². The fraction of sp³-hybridized carbons (Fsp3) is 0.429. The van der Waals surface area contributed by atoms with Crippen LogP contribution in [0.3, 0.4) is 0 Å². The monoisotopic (exact) mass is 479 g/mol. The highest BCUT2D eigenvalue weighted by Crippen LogP contribution is 2.39. The van der Waals surface area contributed by atoms with Crippen LogP contribution >= 0.6 is 11.3 Å². The molecule has 9 nitrogen and oxygen atoms in total. The molecule has 1 fully saturated rings. The Kier molecular flexibility index (Phi) is 6.40. The van der Waals surface area contributed by atoms with Crippen LogP contribution in [0.1, 0.15) is 29.0 Å². The molecule has 1 aromatic carbocycles. The second-order valence-electron chi connectivity index (χ2n) is 7.50. The van der Waals surface area contributed by atoms with E-state index in [1.165, 1.54) is 38.7 Å². The molecule has 1 aromatic heterocycles. The van der Waals surface area contributed by atoms with Gasteiger partial charge in [-0.3, -0.25) is 10.1 Å². The summed E-state index contributed by atoms with van der Waals surface area (Å²) >= 11 is 1.31. The van der Waals surface area contributed by atoms with E-state index in [-0.39, 0.29) is 11.2 Å². The molecule has 4 rings (SSSR count). The third-order valence-corrected chi connectivity index (χ3v) is 8.69. The third-order valence-electron chi connectivity index (χ3n) is 5.35. The van der Waals surface area contributed by atoms with Gasteiger partial charge in [-0.15, -0.1) is 11.3 Å². The van der Waals surface area contributed by atoms with E-state index in [9.17, 15) is 13.2 Å². The van der Waals surface area contributed by atoms with E-state index in [0.717, 1.165) is 23.4 Å². The van der Waals surface area contributed by atoms with Gasteiger partial charge in [-0.2, -0.15) is 4.31 Å². The van der Waals surface area contributed by atoms with Crippen LogP contribution < -0.4 is 19.5 Å². The highest BCUT2D eigenvalue weighted by Gasteiger charge is 2.41. The second kappa shape index (κ2) is 9.08. The number of methoxy groups -OCH3 is 3. The maximum absolute atomic E-state index is 12.5. The lowest BCUT2D eigenvalue weighted by Gasteiger charge is -2.25. The van der Waals surface area contributed by atoms with Crippen molar-refractivity contribution in [2.45, 2.75) is 31.1 Å². The standard InChI is InChI=1S/C21H25N3O6S2/c1-28-16-10-13(11-17(29-2)20(16)30-3)4-7-19(25)23-21-22-15-8-9-24(12-18(15)31-21)32(26,27)14-5-6-14/h4,7,10-11,14H,5-6,8-9,12H2,1-3H3,(H,22,23,25)/b7-4+. The Morgan fingerprint density at radius 1 is 1.19 bits per heavy atom. The number of ether oxygens (including phenoxy) is 3. The van der Waals surface area contributed by atoms with Crippen LogP contribution in [0.25, 0.3) is 6.08 Å². The van der Waals surface area contributed by atoms with Gasteiger partial charge in [-0.1, -0.05) is 0 Å². The van der Waals surface area contributed by atoms with Crippen LogP contribution in [0.4, 0.5) is 5.13 Å². The van der Waals surface area contributed by atoms with E-state index in [2.05, 4.69) is 10.3 Å². The quantitative estimate of drug-likeness (QED) is 0.580. The van der Waals surface area contributed by atoms with Gasteiger partial charge in [0.15, 0.2) is 16.6 Å². The zero-order valence-corrected chi connectivity index (χ0v) is 19.7. The fourth-order valence-electron chi connectivity index (χ4n) is 3.54. The summed E-state index contributed by atoms with van der Waals surface area (Å²) in [5, 5.41) is 3.00. The summed E-state index contributed by atoms with van der Waals surface area (Å²) in [5.74, 6) is 1.12. The van der Waals surface area contributed by atoms with Gasteiger partial charge in [0.2, 0.25) is 21.7 Å². The molecule has 1 aliphatic heterocycles. The molecule has 2 aromatic rings. The van der Waals surface area contributed by atoms with Crippen molar-refractivity contribution in [2.75, 3.05) is 33.2 Å². The van der Waals surface area contributed by atoms with E-state index in [0.29, 0.717) is 47.5 Å². The van der Waals surface area contributed by atoms with Crippen LogP contribution in [0.2, 0.25) is 0 Å². The van der Waals surface area contributed by atoms with Gasteiger partial charge in [0.05, 0.1) is 32.3 Å². The summed E-state index contributed by atoms with van der Waals surface area (Å²) in [7, 11) is 1.36. The average molecular weight is 480 g/mol. The molecule has 0 radical (unpaired) electrons. The number of anilines is 1. The molecule has 2 heterocycles. The molecule has 1 aliphatic carbocycles. The van der Waals surface area contributed by atoms with Crippen LogP contribution in [-0.2, 0) is 27.8 Å². The van der Waals surface area contributed by atoms with E-state index in [1.54, 1.807) is 22.5 Å². The molecule has 1 N–H and O–H groups in total. The molecule has 0 atom stereocenters. The lowest BCUT2D eigenvalue weighted by molar-refractivity contribution is -0.111. The van der Waals surface area contributed by atoms with Crippen molar-refractivity contribution in [3.63, 3.8) is 0 Å². The van der Waals surface area contributed by atoms with Crippen molar-refractivity contribution >= 4 is 38.5 Å². The summed E-state index contributed by atoms with van der Waals surface area (Å²) in [6.45, 7) is 0.757. The number of sulfonamides is 1. The summed E-state index contributed by atoms with van der Waals surface area (Å²) in [5.41, 5.74) is 1.55. The molecule has 1 amide bonds. The first-order chi connectivity index (χ1) is 15.3. The minimum atomic E-state index is -3.22. The van der Waals surface area contributed by atoms with Crippen molar-refractivity contribution in [1.29, 1.82) is 0 Å². The predicted molar refractivity (Wildman–Crippen MR) is 122 cm³/mol. The third kappa shape index (κ3) is 4.59. The Morgan fingerprint density at radius 2 is 1.88 bits per heavy atom. The van der Waals surface area contributed by atoms with Gasteiger partial charge in [-0.25, -0.2) is 13.4 Å². The molecule has 172 valence electrons.